The summed E-state index contributed by atoms with van der Waals surface area (Å²) >= 11 is 1.67. The Hall–Kier alpha value is -3.35. The molecule has 0 aliphatic carbocycles. The number of aromatic nitrogens is 1. The standard InChI is InChI=1S/C28H29N3O2S/c1-3-23(26-13-8-14-34-26)31-27(32)28(2,16-20-17-29-24-11-6-5-10-22(20)24)30-18-21-15-19-9-4-7-12-25(19)33-21/h4-15,17,23,29-30H,3,16,18H2,1-2H3,(H,31,32). The van der Waals surface area contributed by atoms with Crippen molar-refractivity contribution in [1.29, 1.82) is 0 Å². The number of rotatable bonds is 9. The first-order chi connectivity index (χ1) is 16.6. The highest BCUT2D eigenvalue weighted by molar-refractivity contribution is 7.10. The summed E-state index contributed by atoms with van der Waals surface area (Å²) in [5.74, 6) is 0.790. The molecule has 3 N–H and O–H groups in total. The molecule has 0 spiro atoms. The third-order valence-electron chi connectivity index (χ3n) is 6.45. The minimum Gasteiger partial charge on any atom is -0.460 e. The number of carbonyl (C=O) groups excluding carboxylic acids is 1. The number of hydrogen-bond donors (Lipinski definition) is 3. The Labute approximate surface area is 203 Å². The smallest absolute Gasteiger partial charge is 0.240 e. The van der Waals surface area contributed by atoms with Crippen molar-refractivity contribution in [2.75, 3.05) is 0 Å². The number of fused-ring (bicyclic) bond motifs is 2. The van der Waals surface area contributed by atoms with Crippen LogP contribution in [-0.2, 0) is 17.8 Å². The maximum absolute atomic E-state index is 13.8. The van der Waals surface area contributed by atoms with Crippen molar-refractivity contribution in [2.24, 2.45) is 0 Å². The van der Waals surface area contributed by atoms with Gasteiger partial charge in [0.2, 0.25) is 5.91 Å². The van der Waals surface area contributed by atoms with Crippen LogP contribution < -0.4 is 10.6 Å². The van der Waals surface area contributed by atoms with Gasteiger partial charge in [0, 0.05) is 33.8 Å². The molecular weight excluding hydrogens is 442 g/mol. The van der Waals surface area contributed by atoms with E-state index in [4.69, 9.17) is 4.42 Å². The van der Waals surface area contributed by atoms with Crippen molar-refractivity contribution >= 4 is 39.1 Å². The first-order valence-electron chi connectivity index (χ1n) is 11.7. The highest BCUT2D eigenvalue weighted by Gasteiger charge is 2.35. The average molecular weight is 472 g/mol. The van der Waals surface area contributed by atoms with Gasteiger partial charge in [-0.05, 0) is 48.6 Å². The number of carbonyl (C=O) groups is 1. The van der Waals surface area contributed by atoms with Crippen LogP contribution in [0.15, 0.2) is 82.7 Å². The van der Waals surface area contributed by atoms with Crippen LogP contribution in [0.4, 0.5) is 0 Å². The Morgan fingerprint density at radius 3 is 2.74 bits per heavy atom. The van der Waals surface area contributed by atoms with Gasteiger partial charge in [0.15, 0.2) is 0 Å². The van der Waals surface area contributed by atoms with Gasteiger partial charge in [0.1, 0.15) is 11.3 Å². The van der Waals surface area contributed by atoms with E-state index >= 15 is 0 Å². The second kappa shape index (κ2) is 9.49. The van der Waals surface area contributed by atoms with Crippen LogP contribution in [0.2, 0.25) is 0 Å². The van der Waals surface area contributed by atoms with E-state index in [-0.39, 0.29) is 11.9 Å². The molecule has 2 unspecified atom stereocenters. The Bertz CT molecular complexity index is 1370. The maximum atomic E-state index is 13.8. The predicted octanol–water partition coefficient (Wildman–Crippen LogP) is 6.33. The SMILES string of the molecule is CCC(NC(=O)C(C)(Cc1c[nH]c2ccccc12)NCc1cc2ccccc2o1)c1cccs1. The second-order valence-electron chi connectivity index (χ2n) is 8.92. The first kappa shape index (κ1) is 22.4. The number of amides is 1. The summed E-state index contributed by atoms with van der Waals surface area (Å²) in [6.45, 7) is 4.54. The molecule has 5 aromatic rings. The van der Waals surface area contributed by atoms with Crippen LogP contribution in [-0.4, -0.2) is 16.4 Å². The third kappa shape index (κ3) is 4.52. The quantitative estimate of drug-likeness (QED) is 0.235. The zero-order chi connectivity index (χ0) is 23.5. The zero-order valence-corrected chi connectivity index (χ0v) is 20.2. The molecule has 34 heavy (non-hydrogen) atoms. The summed E-state index contributed by atoms with van der Waals surface area (Å²) in [5.41, 5.74) is 2.19. The molecule has 174 valence electrons. The minimum absolute atomic E-state index is 0.0113. The van der Waals surface area contributed by atoms with E-state index in [1.165, 1.54) is 4.88 Å². The van der Waals surface area contributed by atoms with Crippen molar-refractivity contribution in [3.63, 3.8) is 0 Å². The molecule has 2 atom stereocenters. The van der Waals surface area contributed by atoms with E-state index in [1.807, 2.05) is 61.7 Å². The van der Waals surface area contributed by atoms with Gasteiger partial charge in [-0.1, -0.05) is 49.4 Å². The Balaban J connectivity index is 1.42. The fraction of sp³-hybridized carbons (Fsp3) is 0.250. The lowest BCUT2D eigenvalue weighted by molar-refractivity contribution is -0.128. The Kier molecular flexibility index (Phi) is 6.26. The second-order valence-corrected chi connectivity index (χ2v) is 9.90. The highest BCUT2D eigenvalue weighted by atomic mass is 32.1. The van der Waals surface area contributed by atoms with E-state index in [1.54, 1.807) is 11.3 Å². The normalized spacial score (nSPS) is 14.3. The molecular formula is C28H29N3O2S. The average Bonchev–Trinajstić information content (AvgIpc) is 3.61. The van der Waals surface area contributed by atoms with Gasteiger partial charge >= 0.3 is 0 Å². The molecule has 0 aliphatic rings. The molecule has 0 aliphatic heterocycles. The first-order valence-corrected chi connectivity index (χ1v) is 12.6. The lowest BCUT2D eigenvalue weighted by atomic mass is 9.90. The van der Waals surface area contributed by atoms with Gasteiger partial charge in [-0.2, -0.15) is 0 Å². The van der Waals surface area contributed by atoms with Gasteiger partial charge < -0.3 is 14.7 Å². The number of furan rings is 1. The molecule has 0 bridgehead atoms. The summed E-state index contributed by atoms with van der Waals surface area (Å²) in [4.78, 5) is 18.3. The van der Waals surface area contributed by atoms with Gasteiger partial charge in [-0.25, -0.2) is 0 Å². The number of nitrogens with one attached hydrogen (secondary N) is 3. The van der Waals surface area contributed by atoms with Crippen molar-refractivity contribution in [3.8, 4) is 0 Å². The van der Waals surface area contributed by atoms with Crippen LogP contribution in [0.1, 0.15) is 42.5 Å². The van der Waals surface area contributed by atoms with Gasteiger partial charge in [0.25, 0.3) is 0 Å². The van der Waals surface area contributed by atoms with Crippen molar-refractivity contribution < 1.29 is 9.21 Å². The molecule has 5 rings (SSSR count). The molecule has 0 fully saturated rings. The molecule has 3 heterocycles. The summed E-state index contributed by atoms with van der Waals surface area (Å²) in [6.07, 6.45) is 3.39. The van der Waals surface area contributed by atoms with Gasteiger partial charge in [-0.3, -0.25) is 10.1 Å². The van der Waals surface area contributed by atoms with Gasteiger partial charge in [0.05, 0.1) is 18.1 Å². The third-order valence-corrected chi connectivity index (χ3v) is 7.44. The minimum atomic E-state index is -0.839. The molecule has 6 heteroatoms. The van der Waals surface area contributed by atoms with Crippen LogP contribution in [0.5, 0.6) is 0 Å². The molecule has 1 amide bonds. The Morgan fingerprint density at radius 1 is 1.12 bits per heavy atom. The lowest BCUT2D eigenvalue weighted by Crippen LogP contribution is -2.56. The van der Waals surface area contributed by atoms with Gasteiger partial charge in [-0.15, -0.1) is 11.3 Å². The van der Waals surface area contributed by atoms with E-state index in [0.29, 0.717) is 13.0 Å². The number of thiophene rings is 1. The molecule has 0 radical (unpaired) electrons. The van der Waals surface area contributed by atoms with Crippen LogP contribution in [0.3, 0.4) is 0 Å². The predicted molar refractivity (Wildman–Crippen MR) is 139 cm³/mol. The van der Waals surface area contributed by atoms with E-state index in [9.17, 15) is 4.79 Å². The summed E-state index contributed by atoms with van der Waals surface area (Å²) in [5, 5.41) is 11.1. The lowest BCUT2D eigenvalue weighted by Gasteiger charge is -2.31. The Morgan fingerprint density at radius 2 is 1.94 bits per heavy atom. The zero-order valence-electron chi connectivity index (χ0n) is 19.4. The summed E-state index contributed by atoms with van der Waals surface area (Å²) in [6, 6.07) is 22.3. The number of para-hydroxylation sites is 2. The van der Waals surface area contributed by atoms with Crippen LogP contribution in [0.25, 0.3) is 21.9 Å². The molecule has 3 aromatic heterocycles. The van der Waals surface area contributed by atoms with Crippen LogP contribution >= 0.6 is 11.3 Å². The van der Waals surface area contributed by atoms with E-state index in [0.717, 1.165) is 39.6 Å². The number of aromatic amines is 1. The fourth-order valence-corrected chi connectivity index (χ4v) is 5.33. The van der Waals surface area contributed by atoms with Crippen molar-refractivity contribution in [3.05, 3.63) is 94.5 Å². The van der Waals surface area contributed by atoms with Crippen molar-refractivity contribution in [1.82, 2.24) is 15.6 Å². The maximum Gasteiger partial charge on any atom is 0.240 e. The van der Waals surface area contributed by atoms with E-state index < -0.39 is 5.54 Å². The topological polar surface area (TPSA) is 70.1 Å². The largest absolute Gasteiger partial charge is 0.460 e. The van der Waals surface area contributed by atoms with E-state index in [2.05, 4.69) is 46.1 Å². The molecule has 5 nitrogen and oxygen atoms in total. The monoisotopic (exact) mass is 471 g/mol. The molecule has 0 saturated heterocycles. The fourth-order valence-electron chi connectivity index (χ4n) is 4.47. The van der Waals surface area contributed by atoms with Crippen molar-refractivity contribution in [2.45, 2.75) is 44.8 Å². The summed E-state index contributed by atoms with van der Waals surface area (Å²) in [7, 11) is 0. The highest BCUT2D eigenvalue weighted by Crippen LogP contribution is 2.27. The number of hydrogen-bond acceptors (Lipinski definition) is 4. The molecule has 2 aromatic carbocycles. The number of H-pyrrole nitrogens is 1. The molecule has 0 saturated carbocycles. The summed E-state index contributed by atoms with van der Waals surface area (Å²) < 4.78 is 6.01. The van der Waals surface area contributed by atoms with Crippen LogP contribution in [0, 0.1) is 0 Å². The number of benzene rings is 2.